The monoisotopic (exact) mass is 583 g/mol. The highest BCUT2D eigenvalue weighted by molar-refractivity contribution is 5.90. The standard InChI is InChI=1S/C32H40F3N5O2/c1-38(21-23-9-3-5-11-27(23)32(33,34)35)31(42)29(19-24-20-36-28-12-6-4-10-26(24)28)37-30(41)22-39-17-13-25(14-18-39)40-15-7-2-8-16-40/h3-6,9-12,20,25,29,36H,2,7-8,13-19,21-22H2,1H3,(H,37,41). The van der Waals surface area contributed by atoms with Crippen LogP contribution < -0.4 is 5.32 Å². The van der Waals surface area contributed by atoms with E-state index in [1.807, 2.05) is 30.5 Å². The number of carbonyl (C=O) groups excluding carboxylic acids is 2. The molecule has 2 fully saturated rings. The lowest BCUT2D eigenvalue weighted by molar-refractivity contribution is -0.140. The van der Waals surface area contributed by atoms with Crippen LogP contribution in [0.2, 0.25) is 0 Å². The van der Waals surface area contributed by atoms with Gasteiger partial charge in [-0.2, -0.15) is 13.2 Å². The van der Waals surface area contributed by atoms with E-state index in [9.17, 15) is 22.8 Å². The number of rotatable bonds is 9. The predicted molar refractivity (Wildman–Crippen MR) is 157 cm³/mol. The fraction of sp³-hybridized carbons (Fsp3) is 0.500. The summed E-state index contributed by atoms with van der Waals surface area (Å²) in [6.07, 6.45) is 3.37. The molecule has 0 radical (unpaired) electrons. The van der Waals surface area contributed by atoms with E-state index in [4.69, 9.17) is 0 Å². The number of amides is 2. The molecule has 2 saturated heterocycles. The van der Waals surface area contributed by atoms with Crippen molar-refractivity contribution in [1.82, 2.24) is 25.0 Å². The minimum Gasteiger partial charge on any atom is -0.361 e. The van der Waals surface area contributed by atoms with Crippen molar-refractivity contribution in [3.63, 3.8) is 0 Å². The number of hydrogen-bond acceptors (Lipinski definition) is 4. The van der Waals surface area contributed by atoms with Gasteiger partial charge in [-0.3, -0.25) is 14.5 Å². The summed E-state index contributed by atoms with van der Waals surface area (Å²) >= 11 is 0. The van der Waals surface area contributed by atoms with Gasteiger partial charge in [0.05, 0.1) is 12.1 Å². The summed E-state index contributed by atoms with van der Waals surface area (Å²) < 4.78 is 40.8. The molecule has 2 aliphatic heterocycles. The molecule has 3 heterocycles. The smallest absolute Gasteiger partial charge is 0.361 e. The van der Waals surface area contributed by atoms with Crippen LogP contribution in [-0.2, 0) is 28.7 Å². The molecule has 2 aromatic carbocycles. The Balaban J connectivity index is 1.26. The number of aromatic amines is 1. The molecule has 0 spiro atoms. The molecule has 5 rings (SSSR count). The molecule has 3 aromatic rings. The molecule has 2 amide bonds. The highest BCUT2D eigenvalue weighted by Crippen LogP contribution is 2.32. The maximum Gasteiger partial charge on any atom is 0.416 e. The van der Waals surface area contributed by atoms with Crippen LogP contribution in [0.5, 0.6) is 0 Å². The van der Waals surface area contributed by atoms with Crippen LogP contribution in [0.25, 0.3) is 10.9 Å². The van der Waals surface area contributed by atoms with E-state index in [0.29, 0.717) is 6.04 Å². The largest absolute Gasteiger partial charge is 0.416 e. The number of halogens is 3. The van der Waals surface area contributed by atoms with Crippen molar-refractivity contribution in [2.75, 3.05) is 39.8 Å². The number of benzene rings is 2. The molecule has 1 unspecified atom stereocenters. The van der Waals surface area contributed by atoms with Crippen LogP contribution in [-0.4, -0.2) is 83.4 Å². The van der Waals surface area contributed by atoms with Gasteiger partial charge in [-0.15, -0.1) is 0 Å². The number of piperidine rings is 2. The van der Waals surface area contributed by atoms with Crippen LogP contribution >= 0.6 is 0 Å². The normalized spacial score (nSPS) is 18.2. The van der Waals surface area contributed by atoms with Gasteiger partial charge < -0.3 is 20.1 Å². The third-order valence-corrected chi connectivity index (χ3v) is 8.67. The first-order chi connectivity index (χ1) is 20.2. The number of likely N-dealkylation sites (tertiary alicyclic amines) is 2. The molecule has 0 saturated carbocycles. The van der Waals surface area contributed by atoms with Crippen LogP contribution in [0.1, 0.15) is 48.8 Å². The van der Waals surface area contributed by atoms with Crippen molar-refractivity contribution in [3.8, 4) is 0 Å². The number of para-hydroxylation sites is 1. The van der Waals surface area contributed by atoms with Crippen LogP contribution in [0, 0.1) is 0 Å². The molecule has 10 heteroatoms. The van der Waals surface area contributed by atoms with E-state index in [1.54, 1.807) is 0 Å². The molecule has 2 N–H and O–H groups in total. The fourth-order valence-corrected chi connectivity index (χ4v) is 6.42. The number of alkyl halides is 3. The summed E-state index contributed by atoms with van der Waals surface area (Å²) in [6, 6.07) is 12.6. The van der Waals surface area contributed by atoms with E-state index < -0.39 is 23.7 Å². The summed E-state index contributed by atoms with van der Waals surface area (Å²) in [4.78, 5) is 36.2. The van der Waals surface area contributed by atoms with E-state index in [0.717, 1.165) is 61.6 Å². The minimum absolute atomic E-state index is 0.00889. The zero-order chi connectivity index (χ0) is 29.7. The van der Waals surface area contributed by atoms with Crippen molar-refractivity contribution < 1.29 is 22.8 Å². The summed E-state index contributed by atoms with van der Waals surface area (Å²) in [5.74, 6) is -0.692. The molecule has 2 aliphatic rings. The molecule has 0 aliphatic carbocycles. The number of nitrogens with one attached hydrogen (secondary N) is 2. The number of nitrogens with zero attached hydrogens (tertiary/aromatic N) is 3. The summed E-state index contributed by atoms with van der Waals surface area (Å²) in [5, 5.41) is 3.87. The zero-order valence-corrected chi connectivity index (χ0v) is 24.1. The maximum atomic E-state index is 13.7. The van der Waals surface area contributed by atoms with Gasteiger partial charge in [-0.05, 0) is 62.0 Å². The van der Waals surface area contributed by atoms with E-state index in [2.05, 4.69) is 20.1 Å². The molecule has 1 atom stereocenters. The summed E-state index contributed by atoms with van der Waals surface area (Å²) in [7, 11) is 1.48. The molecule has 7 nitrogen and oxygen atoms in total. The van der Waals surface area contributed by atoms with Gasteiger partial charge in [0.15, 0.2) is 0 Å². The lowest BCUT2D eigenvalue weighted by atomic mass is 10.00. The van der Waals surface area contributed by atoms with Gasteiger partial charge in [0.1, 0.15) is 6.04 Å². The molecular weight excluding hydrogens is 543 g/mol. The Morgan fingerprint density at radius 1 is 0.976 bits per heavy atom. The van der Waals surface area contributed by atoms with Crippen molar-refractivity contribution in [2.24, 2.45) is 0 Å². The SMILES string of the molecule is CN(Cc1ccccc1C(F)(F)F)C(=O)C(Cc1c[nH]c2ccccc12)NC(=O)CN1CCC(N2CCCCC2)CC1. The number of likely N-dealkylation sites (N-methyl/N-ethyl adjacent to an activating group) is 1. The highest BCUT2D eigenvalue weighted by Gasteiger charge is 2.34. The molecule has 0 bridgehead atoms. The van der Waals surface area contributed by atoms with Crippen LogP contribution in [0.15, 0.2) is 54.7 Å². The highest BCUT2D eigenvalue weighted by atomic mass is 19.4. The van der Waals surface area contributed by atoms with Gasteiger partial charge in [0, 0.05) is 56.2 Å². The number of aromatic nitrogens is 1. The zero-order valence-electron chi connectivity index (χ0n) is 24.1. The average molecular weight is 584 g/mol. The Morgan fingerprint density at radius 2 is 1.67 bits per heavy atom. The van der Waals surface area contributed by atoms with Crippen molar-refractivity contribution in [1.29, 1.82) is 0 Å². The minimum atomic E-state index is -4.53. The Bertz CT molecular complexity index is 1360. The van der Waals surface area contributed by atoms with E-state index in [-0.39, 0.29) is 31.0 Å². The van der Waals surface area contributed by atoms with Gasteiger partial charge in [0.2, 0.25) is 11.8 Å². The number of H-pyrrole nitrogens is 1. The average Bonchev–Trinajstić information content (AvgIpc) is 3.39. The number of fused-ring (bicyclic) bond motifs is 1. The van der Waals surface area contributed by atoms with Gasteiger partial charge in [-0.1, -0.05) is 42.8 Å². The second-order valence-corrected chi connectivity index (χ2v) is 11.6. The molecule has 226 valence electrons. The van der Waals surface area contributed by atoms with Crippen molar-refractivity contribution in [3.05, 3.63) is 71.4 Å². The molecule has 42 heavy (non-hydrogen) atoms. The number of carbonyl (C=O) groups is 2. The van der Waals surface area contributed by atoms with Gasteiger partial charge in [0.25, 0.3) is 0 Å². The van der Waals surface area contributed by atoms with E-state index >= 15 is 0 Å². The Hall–Kier alpha value is -3.37. The van der Waals surface area contributed by atoms with Crippen LogP contribution in [0.4, 0.5) is 13.2 Å². The number of hydrogen-bond donors (Lipinski definition) is 2. The maximum absolute atomic E-state index is 13.7. The predicted octanol–water partition coefficient (Wildman–Crippen LogP) is 4.82. The second kappa shape index (κ2) is 13.3. The topological polar surface area (TPSA) is 71.7 Å². The lowest BCUT2D eigenvalue weighted by Crippen LogP contribution is -2.52. The fourth-order valence-electron chi connectivity index (χ4n) is 6.42. The van der Waals surface area contributed by atoms with Gasteiger partial charge >= 0.3 is 6.18 Å². The first kappa shape index (κ1) is 30.1. The third-order valence-electron chi connectivity index (χ3n) is 8.67. The first-order valence-corrected chi connectivity index (χ1v) is 14.9. The van der Waals surface area contributed by atoms with Crippen molar-refractivity contribution >= 4 is 22.7 Å². The van der Waals surface area contributed by atoms with Crippen LogP contribution in [0.3, 0.4) is 0 Å². The Morgan fingerprint density at radius 3 is 2.40 bits per heavy atom. The van der Waals surface area contributed by atoms with Crippen molar-refractivity contribution in [2.45, 2.75) is 63.3 Å². The van der Waals surface area contributed by atoms with Gasteiger partial charge in [-0.25, -0.2) is 0 Å². The quantitative estimate of drug-likeness (QED) is 0.379. The molecule has 1 aromatic heterocycles. The molecular formula is C32H40F3N5O2. The summed E-state index contributed by atoms with van der Waals surface area (Å²) in [6.45, 7) is 3.92. The summed E-state index contributed by atoms with van der Waals surface area (Å²) in [5.41, 5.74) is 1.01. The Labute approximate surface area is 245 Å². The Kier molecular flexibility index (Phi) is 9.53. The first-order valence-electron chi connectivity index (χ1n) is 14.9. The van der Waals surface area contributed by atoms with E-state index in [1.165, 1.54) is 49.4 Å². The second-order valence-electron chi connectivity index (χ2n) is 11.6. The lowest BCUT2D eigenvalue weighted by Gasteiger charge is -2.40. The third kappa shape index (κ3) is 7.33.